The van der Waals surface area contributed by atoms with Crippen LogP contribution in [0.2, 0.25) is 0 Å². The fraction of sp³-hybridized carbons (Fsp3) is 0.286. The van der Waals surface area contributed by atoms with E-state index in [1.54, 1.807) is 0 Å². The molecule has 0 saturated heterocycles. The molecular formula is C28H32N2. The van der Waals surface area contributed by atoms with Crippen molar-refractivity contribution < 1.29 is 0 Å². The van der Waals surface area contributed by atoms with Crippen LogP contribution in [0, 0.1) is 10.8 Å². The van der Waals surface area contributed by atoms with Crippen molar-refractivity contribution >= 4 is 12.4 Å². The first-order valence-electron chi connectivity index (χ1n) is 10.2. The molecule has 0 aliphatic carbocycles. The zero-order valence-electron chi connectivity index (χ0n) is 18.7. The van der Waals surface area contributed by atoms with E-state index in [0.717, 1.165) is 24.0 Å². The Morgan fingerprint density at radius 3 is 1.33 bits per heavy atom. The van der Waals surface area contributed by atoms with E-state index < -0.39 is 0 Å². The first-order valence-corrected chi connectivity index (χ1v) is 10.2. The van der Waals surface area contributed by atoms with E-state index in [-0.39, 0.29) is 10.8 Å². The molecule has 0 aliphatic rings. The molecule has 2 aromatic rings. The van der Waals surface area contributed by atoms with Crippen LogP contribution in [0.5, 0.6) is 0 Å². The van der Waals surface area contributed by atoms with Crippen molar-refractivity contribution in [1.29, 1.82) is 0 Å². The third kappa shape index (κ3) is 6.71. The quantitative estimate of drug-likeness (QED) is 0.247. The fourth-order valence-electron chi connectivity index (χ4n) is 3.15. The summed E-state index contributed by atoms with van der Waals surface area (Å²) in [7, 11) is 0. The summed E-state index contributed by atoms with van der Waals surface area (Å²) in [6, 6.07) is 20.7. The van der Waals surface area contributed by atoms with Gasteiger partial charge in [0.15, 0.2) is 0 Å². The second kappa shape index (κ2) is 10.6. The second-order valence-electron chi connectivity index (χ2n) is 8.57. The summed E-state index contributed by atoms with van der Waals surface area (Å²) in [5.74, 6) is 0. The Morgan fingerprint density at radius 2 is 1.03 bits per heavy atom. The van der Waals surface area contributed by atoms with Crippen molar-refractivity contribution in [2.75, 3.05) is 0 Å². The van der Waals surface area contributed by atoms with Crippen LogP contribution >= 0.6 is 0 Å². The summed E-state index contributed by atoms with van der Waals surface area (Å²) < 4.78 is 0. The molecule has 0 atom stereocenters. The highest BCUT2D eigenvalue weighted by atomic mass is 15.2. The van der Waals surface area contributed by atoms with Gasteiger partial charge in [-0.15, -0.1) is 11.5 Å². The molecule has 0 unspecified atom stereocenters. The maximum Gasteiger partial charge on any atom is 0.0373 e. The number of allylic oxidation sites excluding steroid dienone is 2. The van der Waals surface area contributed by atoms with Gasteiger partial charge >= 0.3 is 0 Å². The fourth-order valence-corrected chi connectivity index (χ4v) is 3.15. The number of hydrogen-bond acceptors (Lipinski definition) is 2. The minimum absolute atomic E-state index is 0.291. The van der Waals surface area contributed by atoms with Gasteiger partial charge in [0, 0.05) is 36.1 Å². The molecule has 2 aromatic carbocycles. The smallest absolute Gasteiger partial charge is 0.0373 e. The van der Waals surface area contributed by atoms with Crippen LogP contribution in [0.4, 0.5) is 0 Å². The molecule has 0 saturated carbocycles. The summed E-state index contributed by atoms with van der Waals surface area (Å²) in [6.07, 6.45) is 5.31. The first-order chi connectivity index (χ1) is 14.3. The molecule has 0 radical (unpaired) electrons. The largest absolute Gasteiger partial charge is 0.163 e. The van der Waals surface area contributed by atoms with Crippen LogP contribution in [0.15, 0.2) is 107 Å². The van der Waals surface area contributed by atoms with E-state index in [2.05, 4.69) is 86.8 Å². The van der Waals surface area contributed by atoms with Gasteiger partial charge in [-0.2, -0.15) is 10.2 Å². The van der Waals surface area contributed by atoms with E-state index in [9.17, 15) is 0 Å². The average Bonchev–Trinajstić information content (AvgIpc) is 2.74. The van der Waals surface area contributed by atoms with Gasteiger partial charge in [-0.1, -0.05) is 102 Å². The lowest BCUT2D eigenvalue weighted by Crippen LogP contribution is -2.19. The predicted molar refractivity (Wildman–Crippen MR) is 130 cm³/mol. The maximum absolute atomic E-state index is 4.36. The molecule has 30 heavy (non-hydrogen) atoms. The zero-order chi connectivity index (χ0) is 22.0. The Bertz CT molecular complexity index is 896. The van der Waals surface area contributed by atoms with Gasteiger partial charge in [0.2, 0.25) is 0 Å². The van der Waals surface area contributed by atoms with E-state index >= 15 is 0 Å². The number of benzene rings is 2. The third-order valence-corrected chi connectivity index (χ3v) is 5.26. The molecular weight excluding hydrogens is 364 g/mol. The molecule has 154 valence electrons. The van der Waals surface area contributed by atoms with Crippen LogP contribution in [-0.2, 0) is 12.8 Å². The van der Waals surface area contributed by atoms with Crippen molar-refractivity contribution in [1.82, 2.24) is 0 Å². The highest BCUT2D eigenvalue weighted by Crippen LogP contribution is 2.28. The van der Waals surface area contributed by atoms with Crippen LogP contribution in [0.3, 0.4) is 0 Å². The van der Waals surface area contributed by atoms with Crippen LogP contribution in [-0.4, -0.2) is 12.4 Å². The van der Waals surface area contributed by atoms with Crippen molar-refractivity contribution in [3.8, 4) is 0 Å². The van der Waals surface area contributed by atoms with Gasteiger partial charge in [0.1, 0.15) is 0 Å². The Labute approximate surface area is 181 Å². The van der Waals surface area contributed by atoms with Crippen molar-refractivity contribution in [3.63, 3.8) is 0 Å². The standard InChI is InChI=1S/C28H32N2/c1-7-25(19-23-15-11-9-12-16-23)27(3,4)21-29-30-22-28(5,6)26(8-2)20-24-17-13-10-14-18-24/h9-18,21-22H,1-2,19-20H2,3-6H3/b29-21+,30-22+. The Morgan fingerprint density at radius 1 is 0.700 bits per heavy atom. The van der Waals surface area contributed by atoms with E-state index in [0.29, 0.717) is 0 Å². The Balaban J connectivity index is 2.08. The average molecular weight is 397 g/mol. The van der Waals surface area contributed by atoms with Crippen LogP contribution in [0.1, 0.15) is 38.8 Å². The number of nitrogens with zero attached hydrogens (tertiary/aromatic N) is 2. The summed E-state index contributed by atoms with van der Waals surface area (Å²) >= 11 is 0. The molecule has 0 heterocycles. The molecule has 0 fully saturated rings. The Hall–Kier alpha value is -3.18. The van der Waals surface area contributed by atoms with Crippen LogP contribution in [0.25, 0.3) is 0 Å². The maximum atomic E-state index is 4.36. The molecule has 2 heteroatoms. The summed E-state index contributed by atoms with van der Waals surface area (Å²) in [5, 5.41) is 8.71. The molecule has 0 spiro atoms. The molecule has 0 aliphatic heterocycles. The highest BCUT2D eigenvalue weighted by Gasteiger charge is 2.23. The van der Waals surface area contributed by atoms with E-state index in [1.807, 2.05) is 48.8 Å². The van der Waals surface area contributed by atoms with Crippen molar-refractivity contribution in [2.45, 2.75) is 40.5 Å². The Kier molecular flexibility index (Phi) is 8.13. The normalized spacial score (nSPS) is 12.0. The molecule has 0 aromatic heterocycles. The molecule has 0 bridgehead atoms. The van der Waals surface area contributed by atoms with E-state index in [1.165, 1.54) is 11.1 Å². The minimum Gasteiger partial charge on any atom is -0.163 e. The summed E-state index contributed by atoms with van der Waals surface area (Å²) in [4.78, 5) is 0. The lowest BCUT2D eigenvalue weighted by atomic mass is 9.82. The van der Waals surface area contributed by atoms with Gasteiger partial charge in [-0.25, -0.2) is 0 Å². The summed E-state index contributed by atoms with van der Waals surface area (Å²) in [5.41, 5.74) is 10.3. The second-order valence-corrected chi connectivity index (χ2v) is 8.57. The first kappa shape index (κ1) is 23.1. The number of hydrogen-bond donors (Lipinski definition) is 0. The van der Waals surface area contributed by atoms with E-state index in [4.69, 9.17) is 0 Å². The topological polar surface area (TPSA) is 24.7 Å². The molecule has 2 rings (SSSR count). The van der Waals surface area contributed by atoms with Crippen molar-refractivity contribution in [2.24, 2.45) is 21.0 Å². The van der Waals surface area contributed by atoms with Crippen molar-refractivity contribution in [3.05, 3.63) is 108 Å². The van der Waals surface area contributed by atoms with Gasteiger partial charge in [0.25, 0.3) is 0 Å². The van der Waals surface area contributed by atoms with Gasteiger partial charge < -0.3 is 0 Å². The zero-order valence-corrected chi connectivity index (χ0v) is 18.7. The van der Waals surface area contributed by atoms with Gasteiger partial charge in [-0.05, 0) is 22.3 Å². The summed E-state index contributed by atoms with van der Waals surface area (Å²) in [6.45, 7) is 16.2. The molecule has 0 amide bonds. The third-order valence-electron chi connectivity index (χ3n) is 5.26. The molecule has 2 nitrogen and oxygen atoms in total. The SMILES string of the molecule is C=C=C(Cc1ccccc1)C(C)(C)/C=N/N=C/C(C)(C)C(=C=C)Cc1ccccc1. The van der Waals surface area contributed by atoms with Gasteiger partial charge in [-0.3, -0.25) is 0 Å². The number of rotatable bonds is 9. The van der Waals surface area contributed by atoms with Gasteiger partial charge in [0.05, 0.1) is 0 Å². The lowest BCUT2D eigenvalue weighted by Gasteiger charge is -2.22. The predicted octanol–water partition coefficient (Wildman–Crippen LogP) is 7.00. The van der Waals surface area contributed by atoms with Crippen LogP contribution < -0.4 is 0 Å². The highest BCUT2D eigenvalue weighted by molar-refractivity contribution is 5.73. The molecule has 0 N–H and O–H groups in total. The minimum atomic E-state index is -0.291. The monoisotopic (exact) mass is 396 g/mol. The lowest BCUT2D eigenvalue weighted by molar-refractivity contribution is 0.616.